The molecule has 2 aromatic carbocycles. The molecule has 2 N–H and O–H groups in total. The van der Waals surface area contributed by atoms with Gasteiger partial charge in [-0.1, -0.05) is 0 Å². The molecule has 172 valence electrons. The van der Waals surface area contributed by atoms with Gasteiger partial charge in [-0.3, -0.25) is 9.69 Å². The Morgan fingerprint density at radius 2 is 1.61 bits per heavy atom. The minimum Gasteiger partial charge on any atom is -0.457 e. The second kappa shape index (κ2) is 10.4. The maximum absolute atomic E-state index is 11.4. The highest BCUT2D eigenvalue weighted by Crippen LogP contribution is 2.25. The van der Waals surface area contributed by atoms with Crippen molar-refractivity contribution in [3.63, 3.8) is 0 Å². The molecule has 1 aliphatic rings. The summed E-state index contributed by atoms with van der Waals surface area (Å²) < 4.78 is 5.86. The van der Waals surface area contributed by atoms with Crippen LogP contribution in [0, 0.1) is 6.92 Å². The molecule has 33 heavy (non-hydrogen) atoms. The van der Waals surface area contributed by atoms with Crippen molar-refractivity contribution in [1.82, 2.24) is 19.9 Å². The second-order valence-electron chi connectivity index (χ2n) is 7.89. The van der Waals surface area contributed by atoms with E-state index >= 15 is 0 Å². The monoisotopic (exact) mass is 448 g/mol. The average Bonchev–Trinajstić information content (AvgIpc) is 2.81. The molecule has 0 saturated carbocycles. The maximum Gasteiger partial charge on any atom is 0.232 e. The van der Waals surface area contributed by atoms with E-state index < -0.39 is 0 Å². The maximum atomic E-state index is 11.4. The third kappa shape index (κ3) is 6.03. The lowest BCUT2D eigenvalue weighted by molar-refractivity contribution is 0.101. The third-order valence-electron chi connectivity index (χ3n) is 5.41. The number of β-amino-alcohol motifs (C(OH)–C–C–N with tert-alkyl or cyclic N) is 1. The number of carbonyl (C=O) groups excluding carboxylic acids is 1. The molecule has 0 unspecified atom stereocenters. The van der Waals surface area contributed by atoms with Crippen molar-refractivity contribution in [2.45, 2.75) is 13.8 Å². The number of hydrogen-bond acceptors (Lipinski definition) is 9. The number of nitrogens with zero attached hydrogens (tertiary/aromatic N) is 5. The van der Waals surface area contributed by atoms with E-state index in [1.54, 1.807) is 24.3 Å². The van der Waals surface area contributed by atoms with E-state index in [1.807, 2.05) is 31.2 Å². The first-order chi connectivity index (χ1) is 16.0. The number of benzene rings is 2. The zero-order valence-corrected chi connectivity index (χ0v) is 18.9. The topological polar surface area (TPSA) is 104 Å². The van der Waals surface area contributed by atoms with Crippen LogP contribution < -0.4 is 15.0 Å². The zero-order chi connectivity index (χ0) is 23.2. The highest BCUT2D eigenvalue weighted by Gasteiger charge is 2.19. The van der Waals surface area contributed by atoms with Crippen LogP contribution in [-0.4, -0.2) is 70.1 Å². The Balaban J connectivity index is 1.39. The number of ether oxygens (including phenoxy) is 1. The molecule has 0 bridgehead atoms. The molecule has 0 aliphatic carbocycles. The normalized spacial score (nSPS) is 14.2. The van der Waals surface area contributed by atoms with Crippen LogP contribution in [0.5, 0.6) is 11.5 Å². The Labute approximate surface area is 193 Å². The van der Waals surface area contributed by atoms with Gasteiger partial charge in [0.15, 0.2) is 5.78 Å². The molecule has 2 heterocycles. The molecule has 0 radical (unpaired) electrons. The summed E-state index contributed by atoms with van der Waals surface area (Å²) in [6.45, 7) is 7.62. The molecule has 3 aromatic rings. The van der Waals surface area contributed by atoms with Crippen LogP contribution in [0.2, 0.25) is 0 Å². The quantitative estimate of drug-likeness (QED) is 0.503. The van der Waals surface area contributed by atoms with E-state index in [4.69, 9.17) is 9.84 Å². The first-order valence-corrected chi connectivity index (χ1v) is 11.0. The Morgan fingerprint density at radius 1 is 0.970 bits per heavy atom. The second-order valence-corrected chi connectivity index (χ2v) is 7.89. The molecule has 1 saturated heterocycles. The molecule has 0 atom stereocenters. The molecular weight excluding hydrogens is 420 g/mol. The van der Waals surface area contributed by atoms with Crippen LogP contribution in [-0.2, 0) is 0 Å². The predicted molar refractivity (Wildman–Crippen MR) is 127 cm³/mol. The lowest BCUT2D eigenvalue weighted by Crippen LogP contribution is -2.47. The number of carbonyl (C=O) groups is 1. The van der Waals surface area contributed by atoms with E-state index in [0.29, 0.717) is 41.3 Å². The summed E-state index contributed by atoms with van der Waals surface area (Å²) in [5, 5.41) is 12.4. The minimum atomic E-state index is 0.0256. The molecular formula is C24H28N6O3. The summed E-state index contributed by atoms with van der Waals surface area (Å²) in [7, 11) is 0. The molecule has 1 aromatic heterocycles. The summed E-state index contributed by atoms with van der Waals surface area (Å²) >= 11 is 0. The van der Waals surface area contributed by atoms with Gasteiger partial charge in [0.2, 0.25) is 11.9 Å². The fourth-order valence-corrected chi connectivity index (χ4v) is 3.61. The lowest BCUT2D eigenvalue weighted by Gasteiger charge is -2.34. The van der Waals surface area contributed by atoms with Gasteiger partial charge in [-0.25, -0.2) is 0 Å². The zero-order valence-electron chi connectivity index (χ0n) is 18.9. The van der Waals surface area contributed by atoms with Crippen LogP contribution in [0.15, 0.2) is 48.5 Å². The Kier molecular flexibility index (Phi) is 7.11. The van der Waals surface area contributed by atoms with E-state index in [0.717, 1.165) is 31.9 Å². The number of aliphatic hydroxyl groups is 1. The van der Waals surface area contributed by atoms with Crippen LogP contribution >= 0.6 is 0 Å². The van der Waals surface area contributed by atoms with Gasteiger partial charge in [0.05, 0.1) is 6.61 Å². The number of nitrogens with one attached hydrogen (secondary N) is 1. The van der Waals surface area contributed by atoms with Gasteiger partial charge in [0.25, 0.3) is 0 Å². The Hall–Kier alpha value is -3.56. The van der Waals surface area contributed by atoms with Gasteiger partial charge in [-0.15, -0.1) is 0 Å². The fourth-order valence-electron chi connectivity index (χ4n) is 3.61. The minimum absolute atomic E-state index is 0.0256. The number of Topliss-reactive ketones (excluding diaryl/α,β-unsaturated/α-hetero) is 1. The summed E-state index contributed by atoms with van der Waals surface area (Å²) in [4.78, 5) is 29.3. The largest absolute Gasteiger partial charge is 0.457 e. The van der Waals surface area contributed by atoms with E-state index in [1.165, 1.54) is 6.92 Å². The molecule has 1 aliphatic heterocycles. The van der Waals surface area contributed by atoms with Gasteiger partial charge >= 0.3 is 0 Å². The van der Waals surface area contributed by atoms with Crippen molar-refractivity contribution >= 4 is 23.4 Å². The first-order valence-electron chi connectivity index (χ1n) is 11.0. The molecule has 1 fully saturated rings. The number of aromatic nitrogens is 3. The SMILES string of the molecule is CC(=O)c1ccc(Oc2ccc(Nc3nc(C)nc(N4CCN(CCO)CC4)n3)cc2)cc1. The average molecular weight is 449 g/mol. The first kappa shape index (κ1) is 22.6. The summed E-state index contributed by atoms with van der Waals surface area (Å²) in [6, 6.07) is 14.6. The highest BCUT2D eigenvalue weighted by molar-refractivity contribution is 5.94. The molecule has 0 spiro atoms. The molecule has 9 nitrogen and oxygen atoms in total. The standard InChI is InChI=1S/C24H28N6O3/c1-17(32)19-3-7-21(8-4-19)33-22-9-5-20(6-10-22)27-23-25-18(2)26-24(28-23)30-13-11-29(12-14-30)15-16-31/h3-10,31H,11-16H2,1-2H3,(H,25,26,27,28). The van der Waals surface area contributed by atoms with Crippen molar-refractivity contribution in [3.8, 4) is 11.5 Å². The molecule has 9 heteroatoms. The van der Waals surface area contributed by atoms with Crippen molar-refractivity contribution in [2.24, 2.45) is 0 Å². The highest BCUT2D eigenvalue weighted by atomic mass is 16.5. The summed E-state index contributed by atoms with van der Waals surface area (Å²) in [6.07, 6.45) is 0. The predicted octanol–water partition coefficient (Wildman–Crippen LogP) is 3.03. The lowest BCUT2D eigenvalue weighted by atomic mass is 10.1. The number of ketones is 1. The van der Waals surface area contributed by atoms with Crippen molar-refractivity contribution in [2.75, 3.05) is 49.5 Å². The van der Waals surface area contributed by atoms with Crippen molar-refractivity contribution < 1.29 is 14.6 Å². The number of hydrogen-bond donors (Lipinski definition) is 2. The van der Waals surface area contributed by atoms with Gasteiger partial charge < -0.3 is 20.1 Å². The van der Waals surface area contributed by atoms with Gasteiger partial charge in [0, 0.05) is 44.0 Å². The fraction of sp³-hybridized carbons (Fsp3) is 0.333. The van der Waals surface area contributed by atoms with Gasteiger partial charge in [-0.05, 0) is 62.4 Å². The van der Waals surface area contributed by atoms with Crippen LogP contribution in [0.25, 0.3) is 0 Å². The van der Waals surface area contributed by atoms with Gasteiger partial charge in [-0.2, -0.15) is 15.0 Å². The number of aliphatic hydroxyl groups excluding tert-OH is 1. The summed E-state index contributed by atoms with van der Waals surface area (Å²) in [5.74, 6) is 3.17. The van der Waals surface area contributed by atoms with Gasteiger partial charge in [0.1, 0.15) is 17.3 Å². The van der Waals surface area contributed by atoms with Crippen molar-refractivity contribution in [1.29, 1.82) is 0 Å². The van der Waals surface area contributed by atoms with E-state index in [-0.39, 0.29) is 12.4 Å². The molecule has 4 rings (SSSR count). The number of anilines is 3. The van der Waals surface area contributed by atoms with E-state index in [2.05, 4.69) is 30.1 Å². The van der Waals surface area contributed by atoms with Crippen molar-refractivity contribution in [3.05, 3.63) is 59.9 Å². The van der Waals surface area contributed by atoms with E-state index in [9.17, 15) is 4.79 Å². The number of piperazine rings is 1. The smallest absolute Gasteiger partial charge is 0.232 e. The number of aryl methyl sites for hydroxylation is 1. The Bertz CT molecular complexity index is 1080. The van der Waals surface area contributed by atoms with Crippen LogP contribution in [0.3, 0.4) is 0 Å². The Morgan fingerprint density at radius 3 is 2.21 bits per heavy atom. The van der Waals surface area contributed by atoms with Crippen LogP contribution in [0.1, 0.15) is 23.1 Å². The molecule has 0 amide bonds. The third-order valence-corrected chi connectivity index (χ3v) is 5.41. The summed E-state index contributed by atoms with van der Waals surface area (Å²) in [5.41, 5.74) is 1.49. The van der Waals surface area contributed by atoms with Crippen LogP contribution in [0.4, 0.5) is 17.6 Å². The number of rotatable bonds is 8.